The molecule has 0 fully saturated rings. The molecule has 0 saturated carbocycles. The Bertz CT molecular complexity index is 419. The number of halogens is 1. The van der Waals surface area contributed by atoms with Crippen LogP contribution in [0.3, 0.4) is 0 Å². The lowest BCUT2D eigenvalue weighted by molar-refractivity contribution is 0.548. The van der Waals surface area contributed by atoms with E-state index in [2.05, 4.69) is 23.5 Å². The van der Waals surface area contributed by atoms with Gasteiger partial charge in [0.25, 0.3) is 0 Å². The first-order valence-corrected chi connectivity index (χ1v) is 6.43. The Morgan fingerprint density at radius 1 is 1.37 bits per heavy atom. The van der Waals surface area contributed by atoms with E-state index < -0.39 is 0 Å². The van der Waals surface area contributed by atoms with Gasteiger partial charge in [-0.05, 0) is 6.07 Å². The molecule has 0 saturated heterocycles. The van der Waals surface area contributed by atoms with Gasteiger partial charge in [-0.25, -0.2) is 9.37 Å². The third-order valence-corrected chi connectivity index (χ3v) is 2.65. The maximum atomic E-state index is 14.4. The molecule has 1 heterocycles. The van der Waals surface area contributed by atoms with Gasteiger partial charge in [0.1, 0.15) is 0 Å². The third-order valence-electron chi connectivity index (χ3n) is 2.65. The van der Waals surface area contributed by atoms with Crippen molar-refractivity contribution in [2.24, 2.45) is 0 Å². The summed E-state index contributed by atoms with van der Waals surface area (Å²) in [6.07, 6.45) is 5.09. The predicted octanol–water partition coefficient (Wildman–Crippen LogP) is 2.90. The number of aromatic nitrogens is 1. The van der Waals surface area contributed by atoms with Crippen LogP contribution in [-0.4, -0.2) is 24.1 Å². The molecular weight excluding hydrogens is 241 g/mol. The van der Waals surface area contributed by atoms with Gasteiger partial charge < -0.3 is 10.2 Å². The maximum absolute atomic E-state index is 14.4. The summed E-state index contributed by atoms with van der Waals surface area (Å²) < 4.78 is 14.4. The second-order valence-electron chi connectivity index (χ2n) is 4.63. The number of nitrogens with one attached hydrogen (secondary N) is 1. The Hall–Kier alpha value is -1.68. The molecule has 1 aromatic heterocycles. The highest BCUT2D eigenvalue weighted by atomic mass is 19.1. The summed E-state index contributed by atoms with van der Waals surface area (Å²) >= 11 is 0. The molecule has 0 aromatic carbocycles. The summed E-state index contributed by atoms with van der Waals surface area (Å²) in [5, 5.41) is 3.21. The number of hydrogen-bond donors (Lipinski definition) is 1. The topological polar surface area (TPSA) is 28.2 Å². The standard InChI is InChI=1S/C15H22FN3/c1-5-9-19(10-6-2)15-14(16)13(7-8-17-15)11-18-12(3)4/h5-8,12,18H,1-2,9-11H2,3-4H3. The van der Waals surface area contributed by atoms with E-state index in [9.17, 15) is 4.39 Å². The van der Waals surface area contributed by atoms with Gasteiger partial charge in [-0.15, -0.1) is 13.2 Å². The van der Waals surface area contributed by atoms with Crippen LogP contribution in [0.4, 0.5) is 10.2 Å². The minimum Gasteiger partial charge on any atom is -0.347 e. The molecule has 0 amide bonds. The average Bonchev–Trinajstić information content (AvgIpc) is 2.37. The van der Waals surface area contributed by atoms with E-state index in [4.69, 9.17) is 0 Å². The zero-order valence-corrected chi connectivity index (χ0v) is 11.7. The molecule has 1 N–H and O–H groups in total. The van der Waals surface area contributed by atoms with Gasteiger partial charge in [0, 0.05) is 37.4 Å². The fourth-order valence-electron chi connectivity index (χ4n) is 1.70. The Labute approximate surface area is 114 Å². The number of nitrogens with zero attached hydrogens (tertiary/aromatic N) is 2. The Morgan fingerprint density at radius 3 is 2.53 bits per heavy atom. The van der Waals surface area contributed by atoms with Crippen molar-refractivity contribution in [3.63, 3.8) is 0 Å². The van der Waals surface area contributed by atoms with E-state index >= 15 is 0 Å². The summed E-state index contributed by atoms with van der Waals surface area (Å²) in [6, 6.07) is 2.02. The third kappa shape index (κ3) is 4.48. The molecule has 0 aliphatic rings. The van der Waals surface area contributed by atoms with Crippen molar-refractivity contribution in [1.29, 1.82) is 0 Å². The lowest BCUT2D eigenvalue weighted by Crippen LogP contribution is -2.27. The van der Waals surface area contributed by atoms with E-state index in [0.717, 1.165) is 0 Å². The van der Waals surface area contributed by atoms with Crippen LogP contribution < -0.4 is 10.2 Å². The van der Waals surface area contributed by atoms with Crippen molar-refractivity contribution in [1.82, 2.24) is 10.3 Å². The lowest BCUT2D eigenvalue weighted by Gasteiger charge is -2.22. The predicted molar refractivity (Wildman–Crippen MR) is 78.8 cm³/mol. The van der Waals surface area contributed by atoms with Gasteiger partial charge in [0.2, 0.25) is 0 Å². The first-order chi connectivity index (χ1) is 9.10. The van der Waals surface area contributed by atoms with E-state index in [-0.39, 0.29) is 5.82 Å². The number of anilines is 1. The van der Waals surface area contributed by atoms with Crippen molar-refractivity contribution in [3.8, 4) is 0 Å². The number of pyridine rings is 1. The van der Waals surface area contributed by atoms with Crippen molar-refractivity contribution < 1.29 is 4.39 Å². The van der Waals surface area contributed by atoms with E-state index in [1.807, 2.05) is 13.8 Å². The Balaban J connectivity index is 2.96. The maximum Gasteiger partial charge on any atom is 0.170 e. The normalized spacial score (nSPS) is 10.5. The zero-order chi connectivity index (χ0) is 14.3. The van der Waals surface area contributed by atoms with Crippen LogP contribution in [0, 0.1) is 5.82 Å². The van der Waals surface area contributed by atoms with Crippen LogP contribution in [0.5, 0.6) is 0 Å². The molecule has 4 heteroatoms. The molecule has 1 rings (SSSR count). The average molecular weight is 263 g/mol. The molecule has 0 atom stereocenters. The molecule has 19 heavy (non-hydrogen) atoms. The highest BCUT2D eigenvalue weighted by Crippen LogP contribution is 2.19. The minimum absolute atomic E-state index is 0.278. The number of hydrogen-bond acceptors (Lipinski definition) is 3. The Kier molecular flexibility index (Phi) is 6.22. The van der Waals surface area contributed by atoms with Gasteiger partial charge in [0.15, 0.2) is 11.6 Å². The van der Waals surface area contributed by atoms with Gasteiger partial charge in [-0.3, -0.25) is 0 Å². The van der Waals surface area contributed by atoms with Crippen LogP contribution in [0.25, 0.3) is 0 Å². The van der Waals surface area contributed by atoms with Gasteiger partial charge >= 0.3 is 0 Å². The minimum atomic E-state index is -0.278. The molecule has 0 unspecified atom stereocenters. The summed E-state index contributed by atoms with van der Waals surface area (Å²) in [7, 11) is 0. The molecule has 1 aromatic rings. The first kappa shape index (κ1) is 15.4. The van der Waals surface area contributed by atoms with E-state index in [0.29, 0.717) is 37.1 Å². The van der Waals surface area contributed by atoms with Crippen LogP contribution in [0.15, 0.2) is 37.6 Å². The quantitative estimate of drug-likeness (QED) is 0.731. The van der Waals surface area contributed by atoms with Crippen LogP contribution in [0.1, 0.15) is 19.4 Å². The monoisotopic (exact) mass is 263 g/mol. The van der Waals surface area contributed by atoms with Crippen LogP contribution in [0.2, 0.25) is 0 Å². The van der Waals surface area contributed by atoms with Crippen molar-refractivity contribution in [2.75, 3.05) is 18.0 Å². The van der Waals surface area contributed by atoms with Crippen LogP contribution in [-0.2, 0) is 6.54 Å². The largest absolute Gasteiger partial charge is 0.347 e. The van der Waals surface area contributed by atoms with Gasteiger partial charge in [-0.2, -0.15) is 0 Å². The van der Waals surface area contributed by atoms with Crippen molar-refractivity contribution >= 4 is 5.82 Å². The van der Waals surface area contributed by atoms with Crippen molar-refractivity contribution in [2.45, 2.75) is 26.4 Å². The molecule has 0 bridgehead atoms. The summed E-state index contributed by atoms with van der Waals surface area (Å²) in [5.41, 5.74) is 0.622. The smallest absolute Gasteiger partial charge is 0.170 e. The SMILES string of the molecule is C=CCN(CC=C)c1nccc(CNC(C)C)c1F. The summed E-state index contributed by atoms with van der Waals surface area (Å²) in [4.78, 5) is 5.93. The molecular formula is C15H22FN3. The molecule has 104 valence electrons. The van der Waals surface area contributed by atoms with Gasteiger partial charge in [-0.1, -0.05) is 26.0 Å². The van der Waals surface area contributed by atoms with E-state index in [1.165, 1.54) is 0 Å². The fourth-order valence-corrected chi connectivity index (χ4v) is 1.70. The van der Waals surface area contributed by atoms with Crippen molar-refractivity contribution in [3.05, 3.63) is 49.0 Å². The zero-order valence-electron chi connectivity index (χ0n) is 11.7. The highest BCUT2D eigenvalue weighted by Gasteiger charge is 2.14. The summed E-state index contributed by atoms with van der Waals surface area (Å²) in [6.45, 7) is 13.0. The molecule has 0 radical (unpaired) electrons. The van der Waals surface area contributed by atoms with Gasteiger partial charge in [0.05, 0.1) is 0 Å². The van der Waals surface area contributed by atoms with Crippen LogP contribution >= 0.6 is 0 Å². The number of rotatable bonds is 8. The molecule has 0 aliphatic heterocycles. The molecule has 3 nitrogen and oxygen atoms in total. The van der Waals surface area contributed by atoms with E-state index in [1.54, 1.807) is 29.3 Å². The fraction of sp³-hybridized carbons (Fsp3) is 0.400. The second kappa shape index (κ2) is 7.69. The molecule has 0 aliphatic carbocycles. The lowest BCUT2D eigenvalue weighted by atomic mass is 10.2. The second-order valence-corrected chi connectivity index (χ2v) is 4.63. The molecule has 0 spiro atoms. The highest BCUT2D eigenvalue weighted by molar-refractivity contribution is 5.44. The summed E-state index contributed by atoms with van der Waals surface area (Å²) in [5.74, 6) is 0.0715. The first-order valence-electron chi connectivity index (χ1n) is 6.43. The Morgan fingerprint density at radius 2 is 2.00 bits per heavy atom.